The van der Waals surface area contributed by atoms with E-state index in [4.69, 9.17) is 0 Å². The zero-order chi connectivity index (χ0) is 53.2. The molecular formula is C78H60N2. The van der Waals surface area contributed by atoms with Crippen molar-refractivity contribution in [3.63, 3.8) is 0 Å². The van der Waals surface area contributed by atoms with Crippen molar-refractivity contribution in [1.29, 1.82) is 0 Å². The first kappa shape index (κ1) is 47.7. The summed E-state index contributed by atoms with van der Waals surface area (Å²) in [6, 6.07) is 104. The highest BCUT2D eigenvalue weighted by atomic mass is 15.1. The molecule has 1 saturated carbocycles. The molecule has 13 aromatic rings. The molecule has 2 aliphatic rings. The van der Waals surface area contributed by atoms with E-state index in [2.05, 4.69) is 295 Å². The molecule has 12 aromatic carbocycles. The summed E-state index contributed by atoms with van der Waals surface area (Å²) in [5.41, 5.74) is 24.3. The maximum absolute atomic E-state index is 2.53. The van der Waals surface area contributed by atoms with Gasteiger partial charge in [-0.2, -0.15) is 0 Å². The highest BCUT2D eigenvalue weighted by Gasteiger charge is 2.46. The van der Waals surface area contributed by atoms with Gasteiger partial charge in [-0.05, 0) is 169 Å². The molecule has 0 radical (unpaired) electrons. The molecule has 0 N–H and O–H groups in total. The van der Waals surface area contributed by atoms with E-state index < -0.39 is 5.41 Å². The molecule has 1 fully saturated rings. The van der Waals surface area contributed by atoms with E-state index in [1.807, 2.05) is 0 Å². The molecule has 0 unspecified atom stereocenters. The lowest BCUT2D eigenvalue weighted by Gasteiger charge is -2.34. The molecule has 0 amide bonds. The third kappa shape index (κ3) is 7.69. The number of benzene rings is 12. The van der Waals surface area contributed by atoms with Gasteiger partial charge in [0.1, 0.15) is 0 Å². The van der Waals surface area contributed by atoms with Crippen LogP contribution < -0.4 is 4.90 Å². The van der Waals surface area contributed by atoms with Gasteiger partial charge in [0, 0.05) is 33.4 Å². The second kappa shape index (κ2) is 19.7. The van der Waals surface area contributed by atoms with Crippen molar-refractivity contribution in [2.24, 2.45) is 0 Å². The molecular weight excluding hydrogens is 965 g/mol. The fourth-order valence-electron chi connectivity index (χ4n) is 14.3. The largest absolute Gasteiger partial charge is 0.310 e. The molecule has 2 aliphatic carbocycles. The van der Waals surface area contributed by atoms with E-state index in [1.54, 1.807) is 0 Å². The Morgan fingerprint density at radius 3 is 1.73 bits per heavy atom. The Kier molecular flexibility index (Phi) is 11.8. The van der Waals surface area contributed by atoms with Crippen molar-refractivity contribution < 1.29 is 0 Å². The van der Waals surface area contributed by atoms with Gasteiger partial charge in [-0.15, -0.1) is 0 Å². The lowest BCUT2D eigenvalue weighted by atomic mass is 9.67. The van der Waals surface area contributed by atoms with E-state index in [1.165, 1.54) is 143 Å². The molecule has 0 aliphatic heterocycles. The maximum Gasteiger partial charge on any atom is 0.0713 e. The van der Waals surface area contributed by atoms with Crippen molar-refractivity contribution in [1.82, 2.24) is 4.57 Å². The smallest absolute Gasteiger partial charge is 0.0713 e. The Morgan fingerprint density at radius 1 is 0.388 bits per heavy atom. The number of nitrogens with zero attached hydrogens (tertiary/aromatic N) is 2. The van der Waals surface area contributed by atoms with Gasteiger partial charge < -0.3 is 9.47 Å². The molecule has 382 valence electrons. The number of fused-ring (bicyclic) bond motifs is 7. The van der Waals surface area contributed by atoms with E-state index in [0.717, 1.165) is 22.7 Å². The summed E-state index contributed by atoms with van der Waals surface area (Å²) in [6.07, 6.45) is 6.41. The fraction of sp³-hybridized carbons (Fsp3) is 0.103. The van der Waals surface area contributed by atoms with E-state index in [9.17, 15) is 0 Å². The summed E-state index contributed by atoms with van der Waals surface area (Å²) in [6.45, 7) is 2.30. The number of aryl methyl sites for hydroxylation is 1. The second-order valence-electron chi connectivity index (χ2n) is 22.2. The minimum absolute atomic E-state index is 0.477. The minimum atomic E-state index is -0.477. The molecule has 15 rings (SSSR count). The number of aromatic nitrogens is 1. The highest BCUT2D eigenvalue weighted by Crippen LogP contribution is 2.57. The maximum atomic E-state index is 2.53. The summed E-state index contributed by atoms with van der Waals surface area (Å²) in [7, 11) is 0. The summed E-state index contributed by atoms with van der Waals surface area (Å²) in [5.74, 6) is 0.560. The summed E-state index contributed by atoms with van der Waals surface area (Å²) in [5, 5.41) is 5.21. The second-order valence-corrected chi connectivity index (χ2v) is 22.2. The minimum Gasteiger partial charge on any atom is -0.310 e. The standard InChI is InChI=1S/C78H60N2/c1-53-51-57(58-45-49-66-65-33-14-17-39-70(65)78(71(66)52-58,59-27-8-3-9-28-59)60-29-10-4-11-30-60)46-50-72(53)79(73-40-18-15-34-67(73)68-38-21-26-56-25-20-36-63(76(56)68)54-23-6-2-7-24-54)62-47-43-55(44-48-62)64-37-22-42-75-77(64)69-35-16-19-41-74(69)80(75)61-31-12-5-13-32-61/h3-5,8-22,25-52,54H,2,6-7,23-24H2,1H3. The average molecular weight is 1030 g/mol. The van der Waals surface area contributed by atoms with Crippen LogP contribution >= 0.6 is 0 Å². The van der Waals surface area contributed by atoms with Crippen molar-refractivity contribution in [3.8, 4) is 50.2 Å². The number of rotatable bonds is 10. The SMILES string of the molecule is Cc1cc(-c2ccc3c(c2)C(c2ccccc2)(c2ccccc2)c2ccccc2-3)ccc1N(c1ccc(-c2cccc3c2c2ccccc2n3-c2ccccc2)cc1)c1ccccc1-c1cccc2cccc(C3CCCCC3)c12. The van der Waals surface area contributed by atoms with Crippen molar-refractivity contribution in [2.75, 3.05) is 4.90 Å². The lowest BCUT2D eigenvalue weighted by molar-refractivity contribution is 0.445. The normalized spacial score (nSPS) is 13.9. The van der Waals surface area contributed by atoms with Crippen molar-refractivity contribution in [3.05, 3.63) is 312 Å². The van der Waals surface area contributed by atoms with Crippen LogP contribution in [0, 0.1) is 6.92 Å². The average Bonchev–Trinajstić information content (AvgIpc) is 3.97. The highest BCUT2D eigenvalue weighted by molar-refractivity contribution is 6.16. The zero-order valence-electron chi connectivity index (χ0n) is 45.1. The zero-order valence-corrected chi connectivity index (χ0v) is 45.1. The van der Waals surface area contributed by atoms with Gasteiger partial charge in [-0.25, -0.2) is 0 Å². The predicted molar refractivity (Wildman–Crippen MR) is 337 cm³/mol. The van der Waals surface area contributed by atoms with E-state index >= 15 is 0 Å². The van der Waals surface area contributed by atoms with Gasteiger partial charge in [-0.3, -0.25) is 0 Å². The van der Waals surface area contributed by atoms with Crippen LogP contribution in [-0.2, 0) is 5.41 Å². The van der Waals surface area contributed by atoms with Crippen LogP contribution in [0.15, 0.2) is 279 Å². The fourth-order valence-corrected chi connectivity index (χ4v) is 14.3. The molecule has 1 aromatic heterocycles. The Labute approximate surface area is 469 Å². The summed E-state index contributed by atoms with van der Waals surface area (Å²) in [4.78, 5) is 2.53. The lowest BCUT2D eigenvalue weighted by Crippen LogP contribution is -2.28. The van der Waals surface area contributed by atoms with Crippen LogP contribution in [-0.4, -0.2) is 4.57 Å². The van der Waals surface area contributed by atoms with Gasteiger partial charge in [0.25, 0.3) is 0 Å². The first-order chi connectivity index (χ1) is 39.6. The van der Waals surface area contributed by atoms with Crippen LogP contribution in [0.1, 0.15) is 71.4 Å². The molecule has 1 heterocycles. The van der Waals surface area contributed by atoms with Crippen LogP contribution in [0.3, 0.4) is 0 Å². The van der Waals surface area contributed by atoms with Crippen molar-refractivity contribution in [2.45, 2.75) is 50.4 Å². The number of hydrogen-bond donors (Lipinski definition) is 0. The van der Waals surface area contributed by atoms with Crippen molar-refractivity contribution >= 4 is 49.6 Å². The van der Waals surface area contributed by atoms with Gasteiger partial charge in [0.15, 0.2) is 0 Å². The van der Waals surface area contributed by atoms with E-state index in [0.29, 0.717) is 5.92 Å². The molecule has 0 spiro atoms. The monoisotopic (exact) mass is 1020 g/mol. The molecule has 0 bridgehead atoms. The van der Waals surface area contributed by atoms with Crippen LogP contribution in [0.2, 0.25) is 0 Å². The number of hydrogen-bond acceptors (Lipinski definition) is 1. The Hall–Kier alpha value is -9.50. The third-order valence-corrected chi connectivity index (χ3v) is 17.8. The van der Waals surface area contributed by atoms with E-state index in [-0.39, 0.29) is 0 Å². The molecule has 0 atom stereocenters. The molecule has 0 saturated heterocycles. The van der Waals surface area contributed by atoms with Gasteiger partial charge >= 0.3 is 0 Å². The first-order valence-corrected chi connectivity index (χ1v) is 28.7. The Bertz CT molecular complexity index is 4400. The van der Waals surface area contributed by atoms with Crippen LogP contribution in [0.25, 0.3) is 82.8 Å². The summed E-state index contributed by atoms with van der Waals surface area (Å²) < 4.78 is 2.41. The summed E-state index contributed by atoms with van der Waals surface area (Å²) >= 11 is 0. The third-order valence-electron chi connectivity index (χ3n) is 17.8. The predicted octanol–water partition coefficient (Wildman–Crippen LogP) is 21.1. The Morgan fingerprint density at radius 2 is 0.963 bits per heavy atom. The molecule has 80 heavy (non-hydrogen) atoms. The van der Waals surface area contributed by atoms with Gasteiger partial charge in [0.05, 0.1) is 22.1 Å². The topological polar surface area (TPSA) is 8.17 Å². The van der Waals surface area contributed by atoms with Gasteiger partial charge in [-0.1, -0.05) is 238 Å². The Balaban J connectivity index is 0.899. The number of anilines is 3. The quantitative estimate of drug-likeness (QED) is 0.133. The molecule has 2 heteroatoms. The van der Waals surface area contributed by atoms with Gasteiger partial charge in [0.2, 0.25) is 0 Å². The first-order valence-electron chi connectivity index (χ1n) is 28.7. The van der Waals surface area contributed by atoms with Crippen LogP contribution in [0.4, 0.5) is 17.1 Å². The molecule has 2 nitrogen and oxygen atoms in total. The number of para-hydroxylation sites is 3. The van der Waals surface area contributed by atoms with Crippen LogP contribution in [0.5, 0.6) is 0 Å².